The third kappa shape index (κ3) is 5.75. The van der Waals surface area contributed by atoms with Crippen molar-refractivity contribution in [3.8, 4) is 17.0 Å². The van der Waals surface area contributed by atoms with Crippen molar-refractivity contribution < 1.29 is 13.2 Å². The molecule has 2 fully saturated rings. The minimum absolute atomic E-state index is 0.00522. The number of sulfonamides is 1. The van der Waals surface area contributed by atoms with Crippen molar-refractivity contribution >= 4 is 38.0 Å². The van der Waals surface area contributed by atoms with Crippen molar-refractivity contribution in [2.45, 2.75) is 43.7 Å². The fourth-order valence-electron chi connectivity index (χ4n) is 4.20. The first kappa shape index (κ1) is 24.0. The van der Waals surface area contributed by atoms with Crippen LogP contribution in [0, 0.1) is 0 Å². The van der Waals surface area contributed by atoms with Crippen LogP contribution in [0.4, 0.5) is 16.6 Å². The number of nitrogens with two attached hydrogens (primary N) is 1. The van der Waals surface area contributed by atoms with E-state index < -0.39 is 10.0 Å². The largest absolute Gasteiger partial charge is 0.489 e. The summed E-state index contributed by atoms with van der Waals surface area (Å²) in [6.07, 6.45) is 4.47. The lowest BCUT2D eigenvalue weighted by atomic mass is 10.2. The van der Waals surface area contributed by atoms with E-state index in [9.17, 15) is 8.42 Å². The van der Waals surface area contributed by atoms with E-state index in [4.69, 9.17) is 14.9 Å². The molecule has 1 saturated carbocycles. The molecule has 0 amide bonds. The van der Waals surface area contributed by atoms with Crippen molar-refractivity contribution in [1.82, 2.24) is 14.9 Å². The first-order valence-corrected chi connectivity index (χ1v) is 14.2. The van der Waals surface area contributed by atoms with E-state index in [1.807, 2.05) is 31.5 Å². The van der Waals surface area contributed by atoms with Crippen molar-refractivity contribution in [3.63, 3.8) is 0 Å². The summed E-state index contributed by atoms with van der Waals surface area (Å²) in [6, 6.07) is 9.42. The van der Waals surface area contributed by atoms with Gasteiger partial charge in [0.2, 0.25) is 10.0 Å². The van der Waals surface area contributed by atoms with Crippen LogP contribution in [0.15, 0.2) is 46.8 Å². The van der Waals surface area contributed by atoms with Crippen LogP contribution >= 0.6 is 11.3 Å². The van der Waals surface area contributed by atoms with Gasteiger partial charge in [0.25, 0.3) is 0 Å². The molecule has 3 heterocycles. The number of pyridine rings is 1. The van der Waals surface area contributed by atoms with Crippen molar-refractivity contribution in [2.24, 2.45) is 5.14 Å². The number of rotatable bonds is 8. The first-order valence-electron chi connectivity index (χ1n) is 11.8. The predicted molar refractivity (Wildman–Crippen MR) is 139 cm³/mol. The molecule has 0 unspecified atom stereocenters. The molecule has 3 N–H and O–H groups in total. The monoisotopic (exact) mass is 514 g/mol. The number of hydrogen-bond donors (Lipinski definition) is 2. The molecule has 1 aliphatic carbocycles. The average Bonchev–Trinajstić information content (AvgIpc) is 3.58. The number of thiazole rings is 1. The lowest BCUT2D eigenvalue weighted by molar-refractivity contribution is 0.243. The standard InChI is InChI=1S/C24H30N6O3S2/c1-16(2)33-22-7-6-19(35(25,31)32)13-20(22)27-24-28-21(15-34-24)17-3-8-23(26-14-17)30-11-9-29(10-12-30)18-4-5-18/h3,6-8,13-16,18H,4-5,9-12H2,1-2H3,(H,27,28)(H2,25,31,32). The van der Waals surface area contributed by atoms with Crippen LogP contribution in [0.1, 0.15) is 26.7 Å². The molecule has 11 heteroatoms. The quantitative estimate of drug-likeness (QED) is 0.468. The summed E-state index contributed by atoms with van der Waals surface area (Å²) in [7, 11) is -3.85. The summed E-state index contributed by atoms with van der Waals surface area (Å²) in [5, 5.41) is 11.1. The maximum Gasteiger partial charge on any atom is 0.238 e. The summed E-state index contributed by atoms with van der Waals surface area (Å²) >= 11 is 1.42. The van der Waals surface area contributed by atoms with Gasteiger partial charge >= 0.3 is 0 Å². The Morgan fingerprint density at radius 3 is 2.54 bits per heavy atom. The van der Waals surface area contributed by atoms with Crippen LogP contribution in [-0.2, 0) is 10.0 Å². The number of primary sulfonamides is 1. The maximum absolute atomic E-state index is 11.8. The summed E-state index contributed by atoms with van der Waals surface area (Å²) < 4.78 is 29.5. The Labute approximate surface area is 210 Å². The third-order valence-electron chi connectivity index (χ3n) is 6.13. The maximum atomic E-state index is 11.8. The van der Waals surface area contributed by atoms with E-state index in [1.54, 1.807) is 6.07 Å². The lowest BCUT2D eigenvalue weighted by Gasteiger charge is -2.35. The summed E-state index contributed by atoms with van der Waals surface area (Å²) in [4.78, 5) is 14.3. The molecule has 2 aliphatic rings. The number of hydrogen-bond acceptors (Lipinski definition) is 9. The normalized spacial score (nSPS) is 17.1. The minimum Gasteiger partial charge on any atom is -0.489 e. The van der Waals surface area contributed by atoms with Crippen LogP contribution in [0.5, 0.6) is 5.75 Å². The van der Waals surface area contributed by atoms with E-state index in [0.717, 1.165) is 49.3 Å². The zero-order chi connectivity index (χ0) is 24.6. The Kier molecular flexibility index (Phi) is 6.67. The van der Waals surface area contributed by atoms with E-state index in [-0.39, 0.29) is 11.0 Å². The topological polar surface area (TPSA) is 114 Å². The summed E-state index contributed by atoms with van der Waals surface area (Å²) in [5.74, 6) is 1.52. The molecular formula is C24H30N6O3S2. The van der Waals surface area contributed by atoms with Gasteiger partial charge in [-0.1, -0.05) is 0 Å². The zero-order valence-corrected chi connectivity index (χ0v) is 21.5. The number of anilines is 3. The van der Waals surface area contributed by atoms with Crippen LogP contribution in [0.3, 0.4) is 0 Å². The second-order valence-electron chi connectivity index (χ2n) is 9.19. The molecule has 9 nitrogen and oxygen atoms in total. The highest BCUT2D eigenvalue weighted by atomic mass is 32.2. The van der Waals surface area contributed by atoms with Crippen molar-refractivity contribution in [3.05, 3.63) is 41.9 Å². The molecule has 1 aromatic carbocycles. The third-order valence-corrected chi connectivity index (χ3v) is 7.80. The number of piperazine rings is 1. The molecule has 1 aliphatic heterocycles. The molecule has 0 spiro atoms. The fraction of sp³-hybridized carbons (Fsp3) is 0.417. The summed E-state index contributed by atoms with van der Waals surface area (Å²) in [6.45, 7) is 8.03. The molecule has 0 bridgehead atoms. The molecular weight excluding hydrogens is 484 g/mol. The van der Waals surface area contributed by atoms with Gasteiger partial charge in [-0.2, -0.15) is 0 Å². The predicted octanol–water partition coefficient (Wildman–Crippen LogP) is 3.67. The van der Waals surface area contributed by atoms with Crippen LogP contribution < -0.4 is 20.1 Å². The number of nitrogens with one attached hydrogen (secondary N) is 1. The van der Waals surface area contributed by atoms with Gasteiger partial charge in [0.05, 0.1) is 22.4 Å². The number of ether oxygens (including phenoxy) is 1. The van der Waals surface area contributed by atoms with Gasteiger partial charge in [-0.05, 0) is 57.0 Å². The first-order chi connectivity index (χ1) is 16.8. The van der Waals surface area contributed by atoms with E-state index >= 15 is 0 Å². The summed E-state index contributed by atoms with van der Waals surface area (Å²) in [5.41, 5.74) is 2.21. The van der Waals surface area contributed by atoms with Gasteiger partial charge in [-0.3, -0.25) is 4.90 Å². The fourth-order valence-corrected chi connectivity index (χ4v) is 5.47. The van der Waals surface area contributed by atoms with Gasteiger partial charge in [-0.25, -0.2) is 23.5 Å². The van der Waals surface area contributed by atoms with Crippen molar-refractivity contribution in [2.75, 3.05) is 36.4 Å². The van der Waals surface area contributed by atoms with Gasteiger partial charge in [0.1, 0.15) is 11.6 Å². The second kappa shape index (κ2) is 9.73. The van der Waals surface area contributed by atoms with E-state index in [1.165, 1.54) is 36.3 Å². The zero-order valence-electron chi connectivity index (χ0n) is 19.8. The Morgan fingerprint density at radius 2 is 1.91 bits per heavy atom. The Balaban J connectivity index is 1.29. The van der Waals surface area contributed by atoms with Crippen LogP contribution in [-0.4, -0.2) is 61.6 Å². The number of aromatic nitrogens is 2. The van der Waals surface area contributed by atoms with E-state index in [2.05, 4.69) is 26.2 Å². The van der Waals surface area contributed by atoms with Gasteiger partial charge < -0.3 is 15.0 Å². The Bertz CT molecular complexity index is 1280. The van der Waals surface area contributed by atoms with E-state index in [0.29, 0.717) is 16.6 Å². The molecule has 1 saturated heterocycles. The van der Waals surface area contributed by atoms with Crippen molar-refractivity contribution in [1.29, 1.82) is 0 Å². The molecule has 5 rings (SSSR count). The molecule has 0 radical (unpaired) electrons. The SMILES string of the molecule is CC(C)Oc1ccc(S(N)(=O)=O)cc1Nc1nc(-c2ccc(N3CCN(C4CC4)CC3)nc2)cs1. The molecule has 3 aromatic rings. The Morgan fingerprint density at radius 1 is 1.14 bits per heavy atom. The Hall–Kier alpha value is -2.73. The van der Waals surface area contributed by atoms with Crippen LogP contribution in [0.25, 0.3) is 11.3 Å². The average molecular weight is 515 g/mol. The highest BCUT2D eigenvalue weighted by Crippen LogP contribution is 2.34. The smallest absolute Gasteiger partial charge is 0.238 e. The van der Waals surface area contributed by atoms with Gasteiger partial charge in [0, 0.05) is 49.4 Å². The van der Waals surface area contributed by atoms with Gasteiger partial charge in [-0.15, -0.1) is 11.3 Å². The molecule has 0 atom stereocenters. The van der Waals surface area contributed by atoms with Crippen LogP contribution in [0.2, 0.25) is 0 Å². The highest BCUT2D eigenvalue weighted by Gasteiger charge is 2.31. The number of nitrogens with zero attached hydrogens (tertiary/aromatic N) is 4. The number of benzene rings is 1. The molecule has 186 valence electrons. The molecule has 2 aromatic heterocycles. The minimum atomic E-state index is -3.85. The van der Waals surface area contributed by atoms with Gasteiger partial charge in [0.15, 0.2) is 5.13 Å². The highest BCUT2D eigenvalue weighted by molar-refractivity contribution is 7.89. The second-order valence-corrected chi connectivity index (χ2v) is 11.6. The lowest BCUT2D eigenvalue weighted by Crippen LogP contribution is -2.47. The molecule has 35 heavy (non-hydrogen) atoms.